The van der Waals surface area contributed by atoms with Gasteiger partial charge in [-0.15, -0.1) is 11.3 Å². The van der Waals surface area contributed by atoms with Crippen LogP contribution in [0.4, 0.5) is 34.1 Å². The van der Waals surface area contributed by atoms with Crippen LogP contribution in [-0.2, 0) is 0 Å². The maximum absolute atomic E-state index is 2.46. The van der Waals surface area contributed by atoms with Gasteiger partial charge in [0.2, 0.25) is 0 Å². The van der Waals surface area contributed by atoms with Crippen molar-refractivity contribution in [2.24, 2.45) is 0 Å². The lowest BCUT2D eigenvalue weighted by Gasteiger charge is -2.31. The maximum atomic E-state index is 2.46. The molecule has 0 N–H and O–H groups in total. The first-order valence-corrected chi connectivity index (χ1v) is 27.8. The van der Waals surface area contributed by atoms with Crippen LogP contribution in [0, 0.1) is 0 Å². The number of anilines is 6. The Labute approximate surface area is 465 Å². The zero-order chi connectivity index (χ0) is 52.5. The summed E-state index contributed by atoms with van der Waals surface area (Å²) in [6.45, 7) is 0. The average Bonchev–Trinajstić information content (AvgIpc) is 4.07. The molecule has 2 nitrogen and oxygen atoms in total. The third-order valence-corrected chi connectivity index (χ3v) is 16.5. The molecule has 0 spiro atoms. The highest BCUT2D eigenvalue weighted by molar-refractivity contribution is 7.26. The van der Waals surface area contributed by atoms with Crippen LogP contribution >= 0.6 is 11.3 Å². The molecule has 0 radical (unpaired) electrons. The van der Waals surface area contributed by atoms with Crippen LogP contribution in [0.5, 0.6) is 0 Å². The molecule has 3 heteroatoms. The van der Waals surface area contributed by atoms with Crippen molar-refractivity contribution in [3.63, 3.8) is 0 Å². The minimum atomic E-state index is 1.05. The largest absolute Gasteiger partial charge is 0.310 e. The van der Waals surface area contributed by atoms with Gasteiger partial charge in [-0.2, -0.15) is 0 Å². The number of hydrogen-bond donors (Lipinski definition) is 0. The lowest BCUT2D eigenvalue weighted by atomic mass is 9.94. The fraction of sp³-hybridized carbons (Fsp3) is 0. The van der Waals surface area contributed by atoms with Crippen molar-refractivity contribution in [2.45, 2.75) is 0 Å². The molecule has 372 valence electrons. The van der Waals surface area contributed by atoms with Crippen molar-refractivity contribution in [3.05, 3.63) is 315 Å². The van der Waals surface area contributed by atoms with E-state index in [-0.39, 0.29) is 0 Å². The third-order valence-electron chi connectivity index (χ3n) is 15.2. The summed E-state index contributed by atoms with van der Waals surface area (Å²) in [5.41, 5.74) is 20.4. The Morgan fingerprint density at radius 3 is 1.16 bits per heavy atom. The summed E-state index contributed by atoms with van der Waals surface area (Å²) in [6.07, 6.45) is 0. The fourth-order valence-electron chi connectivity index (χ4n) is 11.5. The molecule has 0 saturated carbocycles. The van der Waals surface area contributed by atoms with Crippen molar-refractivity contribution in [1.29, 1.82) is 0 Å². The number of thiophene rings is 1. The van der Waals surface area contributed by atoms with Crippen LogP contribution in [-0.4, -0.2) is 0 Å². The van der Waals surface area contributed by atoms with Crippen molar-refractivity contribution >= 4 is 76.4 Å². The lowest BCUT2D eigenvalue weighted by Crippen LogP contribution is -2.13. The molecule has 0 aliphatic heterocycles. The molecule has 1 aromatic heterocycles. The molecule has 0 saturated heterocycles. The molecule has 0 bridgehead atoms. The minimum Gasteiger partial charge on any atom is -0.310 e. The molecule has 0 atom stereocenters. The second kappa shape index (κ2) is 20.8. The smallest absolute Gasteiger partial charge is 0.0540 e. The second-order valence-electron chi connectivity index (χ2n) is 20.0. The Morgan fingerprint density at radius 2 is 0.595 bits per heavy atom. The Balaban J connectivity index is 0.918. The van der Waals surface area contributed by atoms with Crippen LogP contribution in [0.1, 0.15) is 0 Å². The van der Waals surface area contributed by atoms with E-state index in [4.69, 9.17) is 0 Å². The molecule has 79 heavy (non-hydrogen) atoms. The zero-order valence-corrected chi connectivity index (χ0v) is 44.1. The van der Waals surface area contributed by atoms with E-state index in [0.29, 0.717) is 0 Å². The van der Waals surface area contributed by atoms with Gasteiger partial charge in [-0.1, -0.05) is 249 Å². The predicted molar refractivity (Wildman–Crippen MR) is 339 cm³/mol. The Morgan fingerprint density at radius 1 is 0.215 bits per heavy atom. The van der Waals surface area contributed by atoms with Gasteiger partial charge in [-0.3, -0.25) is 0 Å². The SMILES string of the molecule is c1ccc(-c2ccccc2-c2cccc(N(c3ccccc3-c3ccccc3)c3ccccc3-c3cccc(N(c4ccc(-c5cccc6c5sc5cc7ccccc7cc56)cc4)c4ccccc4-c4ccccc4)c3)c2)cc1. The first-order chi connectivity index (χ1) is 39.2. The Hall–Kier alpha value is -10.1. The van der Waals surface area contributed by atoms with Gasteiger partial charge < -0.3 is 9.80 Å². The summed E-state index contributed by atoms with van der Waals surface area (Å²) >= 11 is 1.89. The standard InChI is InChI=1S/C76H52N2S/c1-4-23-53(24-5-1)64-35-12-13-36-65(64)59-31-20-34-63(49-59)78(73-43-18-15-38-67(73)55-27-8-3-9-28-55)74-44-19-16-39-68(74)60-32-21-33-62(50-60)77(72-42-17-14-37-66(72)54-25-6-2-7-26-54)61-47-45-56(46-48-61)69-40-22-41-70-71-51-57-29-10-11-30-58(57)52-75(71)79-76(69)70/h1-52H. The van der Waals surface area contributed by atoms with Gasteiger partial charge in [0.1, 0.15) is 0 Å². The Bertz CT molecular complexity index is 4490. The van der Waals surface area contributed by atoms with E-state index in [0.717, 1.165) is 73.1 Å². The normalized spacial score (nSPS) is 11.3. The van der Waals surface area contributed by atoms with Crippen molar-refractivity contribution in [2.75, 3.05) is 9.80 Å². The van der Waals surface area contributed by atoms with E-state index in [1.165, 1.54) is 58.8 Å². The molecule has 0 amide bonds. The highest BCUT2D eigenvalue weighted by atomic mass is 32.1. The zero-order valence-electron chi connectivity index (χ0n) is 43.3. The van der Waals surface area contributed by atoms with E-state index in [1.807, 2.05) is 11.3 Å². The molecule has 0 aliphatic rings. The van der Waals surface area contributed by atoms with E-state index in [2.05, 4.69) is 325 Å². The van der Waals surface area contributed by atoms with Crippen LogP contribution in [0.3, 0.4) is 0 Å². The monoisotopic (exact) mass is 1020 g/mol. The van der Waals surface area contributed by atoms with Gasteiger partial charge in [-0.25, -0.2) is 0 Å². The summed E-state index contributed by atoms with van der Waals surface area (Å²) in [6, 6.07) is 115. The predicted octanol–water partition coefficient (Wildman–Crippen LogP) is 22.1. The molecule has 0 fully saturated rings. The van der Waals surface area contributed by atoms with Gasteiger partial charge in [0, 0.05) is 53.9 Å². The first-order valence-electron chi connectivity index (χ1n) is 27.0. The fourth-order valence-corrected chi connectivity index (χ4v) is 12.8. The molecule has 1 heterocycles. The van der Waals surface area contributed by atoms with Gasteiger partial charge in [0.05, 0.1) is 17.1 Å². The second-order valence-corrected chi connectivity index (χ2v) is 21.0. The maximum Gasteiger partial charge on any atom is 0.0540 e. The van der Waals surface area contributed by atoms with Crippen molar-refractivity contribution in [3.8, 4) is 66.8 Å². The van der Waals surface area contributed by atoms with Crippen molar-refractivity contribution < 1.29 is 0 Å². The highest BCUT2D eigenvalue weighted by Crippen LogP contribution is 2.49. The lowest BCUT2D eigenvalue weighted by molar-refractivity contribution is 1.27. The van der Waals surface area contributed by atoms with Gasteiger partial charge in [0.15, 0.2) is 0 Å². The van der Waals surface area contributed by atoms with Crippen LogP contribution in [0.15, 0.2) is 315 Å². The summed E-state index contributed by atoms with van der Waals surface area (Å²) < 4.78 is 2.62. The quantitative estimate of drug-likeness (QED) is 0.120. The van der Waals surface area contributed by atoms with Crippen LogP contribution < -0.4 is 9.80 Å². The summed E-state index contributed by atoms with van der Waals surface area (Å²) in [4.78, 5) is 4.89. The number of benzene rings is 13. The van der Waals surface area contributed by atoms with Gasteiger partial charge in [0.25, 0.3) is 0 Å². The van der Waals surface area contributed by atoms with Gasteiger partial charge in [-0.05, 0) is 128 Å². The molecule has 0 aliphatic carbocycles. The number of fused-ring (bicyclic) bond motifs is 4. The van der Waals surface area contributed by atoms with E-state index < -0.39 is 0 Å². The van der Waals surface area contributed by atoms with Crippen molar-refractivity contribution in [1.82, 2.24) is 0 Å². The topological polar surface area (TPSA) is 6.48 Å². The van der Waals surface area contributed by atoms with E-state index in [9.17, 15) is 0 Å². The molecule has 13 aromatic carbocycles. The van der Waals surface area contributed by atoms with Crippen LogP contribution in [0.2, 0.25) is 0 Å². The summed E-state index contributed by atoms with van der Waals surface area (Å²) in [5, 5.41) is 5.15. The number of para-hydroxylation sites is 3. The Kier molecular flexibility index (Phi) is 12.5. The molecule has 14 aromatic rings. The summed E-state index contributed by atoms with van der Waals surface area (Å²) in [5.74, 6) is 0. The van der Waals surface area contributed by atoms with E-state index >= 15 is 0 Å². The van der Waals surface area contributed by atoms with Crippen LogP contribution in [0.25, 0.3) is 97.7 Å². The van der Waals surface area contributed by atoms with Gasteiger partial charge >= 0.3 is 0 Å². The molecular weight excluding hydrogens is 973 g/mol. The molecule has 14 rings (SSSR count). The van der Waals surface area contributed by atoms with E-state index in [1.54, 1.807) is 0 Å². The minimum absolute atomic E-state index is 1.05. The first kappa shape index (κ1) is 47.4. The third kappa shape index (κ3) is 9.02. The molecule has 0 unspecified atom stereocenters. The average molecular weight is 1030 g/mol. The number of rotatable bonds is 12. The summed E-state index contributed by atoms with van der Waals surface area (Å²) in [7, 11) is 0. The number of nitrogens with zero attached hydrogens (tertiary/aromatic N) is 2. The number of hydrogen-bond acceptors (Lipinski definition) is 3. The molecular formula is C76H52N2S. The highest BCUT2D eigenvalue weighted by Gasteiger charge is 2.24.